The van der Waals surface area contributed by atoms with Gasteiger partial charge in [-0.15, -0.1) is 0 Å². The van der Waals surface area contributed by atoms with Crippen LogP contribution in [-0.4, -0.2) is 21.0 Å². The molecule has 7 heteroatoms. The molecule has 0 radical (unpaired) electrons. The summed E-state index contributed by atoms with van der Waals surface area (Å²) in [5.74, 6) is -1.09. The maximum absolute atomic E-state index is 12.3. The Balaban J connectivity index is 2.08. The molecule has 0 aliphatic heterocycles. The fourth-order valence-electron chi connectivity index (χ4n) is 1.97. The number of rotatable bonds is 7. The van der Waals surface area contributed by atoms with Crippen molar-refractivity contribution in [3.8, 4) is 5.75 Å². The molecule has 2 aromatic rings. The monoisotopic (exact) mass is 334 g/mol. The summed E-state index contributed by atoms with van der Waals surface area (Å²) in [4.78, 5) is 10.4. The van der Waals surface area contributed by atoms with Crippen LogP contribution in [0.2, 0.25) is 0 Å². The normalized spacial score (nSPS) is 12.6. The van der Waals surface area contributed by atoms with Crippen LogP contribution in [0.4, 0.5) is 0 Å². The minimum absolute atomic E-state index is 0.0704. The standard InChI is InChI=1S/C16H17NO5S/c1-12(13-5-3-2-4-6-13)17-23(20,21)15-9-7-14(8-10-15)22-11-16(18)19/h2-10,12,17H,11H2,1H3,(H,18,19)/p-1/t12-/m0/s1. The third kappa shape index (κ3) is 4.80. The van der Waals surface area contributed by atoms with Crippen LogP contribution in [-0.2, 0) is 14.8 Å². The van der Waals surface area contributed by atoms with Gasteiger partial charge in [0.2, 0.25) is 10.0 Å². The molecule has 2 rings (SSSR count). The van der Waals surface area contributed by atoms with Crippen LogP contribution in [0.1, 0.15) is 18.5 Å². The molecular weight excluding hydrogens is 318 g/mol. The van der Waals surface area contributed by atoms with E-state index >= 15 is 0 Å². The van der Waals surface area contributed by atoms with E-state index in [1.165, 1.54) is 24.3 Å². The van der Waals surface area contributed by atoms with Crippen LogP contribution in [0.3, 0.4) is 0 Å². The number of hydrogen-bond donors (Lipinski definition) is 1. The molecule has 0 aliphatic rings. The van der Waals surface area contributed by atoms with Crippen molar-refractivity contribution in [1.29, 1.82) is 0 Å². The van der Waals surface area contributed by atoms with Gasteiger partial charge in [-0.1, -0.05) is 30.3 Å². The molecule has 0 fully saturated rings. The smallest absolute Gasteiger partial charge is 0.241 e. The molecule has 1 N–H and O–H groups in total. The zero-order chi connectivity index (χ0) is 16.9. The van der Waals surface area contributed by atoms with Gasteiger partial charge in [0.25, 0.3) is 0 Å². The summed E-state index contributed by atoms with van der Waals surface area (Å²) in [5, 5.41) is 10.3. The SMILES string of the molecule is C[C@H](NS(=O)(=O)c1ccc(OCC(=O)[O-])cc1)c1ccccc1. The molecular formula is C16H16NO5S-. The molecule has 0 aliphatic carbocycles. The summed E-state index contributed by atoms with van der Waals surface area (Å²) in [5.41, 5.74) is 0.852. The third-order valence-electron chi connectivity index (χ3n) is 3.12. The van der Waals surface area contributed by atoms with Gasteiger partial charge >= 0.3 is 0 Å². The average molecular weight is 334 g/mol. The summed E-state index contributed by atoms with van der Waals surface area (Å²) in [6, 6.07) is 14.3. The van der Waals surface area contributed by atoms with Crippen LogP contribution in [0.5, 0.6) is 5.75 Å². The lowest BCUT2D eigenvalue weighted by Crippen LogP contribution is -2.29. The molecule has 0 bridgehead atoms. The maximum Gasteiger partial charge on any atom is 0.241 e. The van der Waals surface area contributed by atoms with Crippen molar-refractivity contribution >= 4 is 16.0 Å². The zero-order valence-electron chi connectivity index (χ0n) is 12.4. The average Bonchev–Trinajstić information content (AvgIpc) is 2.53. The molecule has 0 aromatic heterocycles. The number of carbonyl (C=O) groups is 1. The second-order valence-electron chi connectivity index (χ2n) is 4.89. The first kappa shape index (κ1) is 17.0. The molecule has 0 saturated heterocycles. The first-order valence-electron chi connectivity index (χ1n) is 6.88. The van der Waals surface area contributed by atoms with Crippen LogP contribution in [0, 0.1) is 0 Å². The molecule has 23 heavy (non-hydrogen) atoms. The maximum atomic E-state index is 12.3. The Morgan fingerprint density at radius 3 is 2.30 bits per heavy atom. The van der Waals surface area contributed by atoms with Crippen molar-refractivity contribution in [2.45, 2.75) is 17.9 Å². The Kier molecular flexibility index (Phi) is 5.36. The predicted molar refractivity (Wildman–Crippen MR) is 82.1 cm³/mol. The third-order valence-corrected chi connectivity index (χ3v) is 4.68. The highest BCUT2D eigenvalue weighted by atomic mass is 32.2. The molecule has 0 heterocycles. The number of sulfonamides is 1. The molecule has 0 spiro atoms. The number of aliphatic carboxylic acids is 1. The molecule has 0 saturated carbocycles. The first-order valence-corrected chi connectivity index (χ1v) is 8.37. The fraction of sp³-hybridized carbons (Fsp3) is 0.188. The van der Waals surface area contributed by atoms with E-state index in [2.05, 4.69) is 4.72 Å². The summed E-state index contributed by atoms with van der Waals surface area (Å²) in [7, 11) is -3.69. The molecule has 0 amide bonds. The minimum Gasteiger partial charge on any atom is -0.546 e. The minimum atomic E-state index is -3.69. The van der Waals surface area contributed by atoms with Gasteiger partial charge in [-0.3, -0.25) is 0 Å². The van der Waals surface area contributed by atoms with Crippen molar-refractivity contribution < 1.29 is 23.1 Å². The second-order valence-corrected chi connectivity index (χ2v) is 6.60. The lowest BCUT2D eigenvalue weighted by molar-refractivity contribution is -0.307. The van der Waals surface area contributed by atoms with Gasteiger partial charge in [-0.25, -0.2) is 13.1 Å². The van der Waals surface area contributed by atoms with E-state index in [9.17, 15) is 18.3 Å². The van der Waals surface area contributed by atoms with Crippen molar-refractivity contribution in [3.05, 3.63) is 60.2 Å². The number of ether oxygens (including phenoxy) is 1. The van der Waals surface area contributed by atoms with Crippen LogP contribution in [0.15, 0.2) is 59.5 Å². The summed E-state index contributed by atoms with van der Waals surface area (Å²) < 4.78 is 32.2. The highest BCUT2D eigenvalue weighted by molar-refractivity contribution is 7.89. The highest BCUT2D eigenvalue weighted by Crippen LogP contribution is 2.19. The number of hydrogen-bond acceptors (Lipinski definition) is 5. The van der Waals surface area contributed by atoms with Gasteiger partial charge in [-0.05, 0) is 36.8 Å². The molecule has 2 aromatic carbocycles. The lowest BCUT2D eigenvalue weighted by Gasteiger charge is -2.15. The van der Waals surface area contributed by atoms with E-state index in [1.54, 1.807) is 6.92 Å². The Hall–Kier alpha value is -2.38. The van der Waals surface area contributed by atoms with Crippen molar-refractivity contribution in [1.82, 2.24) is 4.72 Å². The molecule has 6 nitrogen and oxygen atoms in total. The first-order chi connectivity index (χ1) is 10.9. The lowest BCUT2D eigenvalue weighted by atomic mass is 10.1. The Labute approximate surface area is 134 Å². The zero-order valence-corrected chi connectivity index (χ0v) is 13.2. The highest BCUT2D eigenvalue weighted by Gasteiger charge is 2.18. The van der Waals surface area contributed by atoms with Gasteiger partial charge in [0, 0.05) is 6.04 Å². The number of nitrogens with one attached hydrogen (secondary N) is 1. The molecule has 122 valence electrons. The van der Waals surface area contributed by atoms with E-state index in [4.69, 9.17) is 4.74 Å². The van der Waals surface area contributed by atoms with Gasteiger partial charge in [-0.2, -0.15) is 0 Å². The van der Waals surface area contributed by atoms with Crippen LogP contribution >= 0.6 is 0 Å². The summed E-state index contributed by atoms with van der Waals surface area (Å²) in [6.45, 7) is 1.17. The van der Waals surface area contributed by atoms with E-state index in [-0.39, 0.29) is 16.7 Å². The number of carboxylic acids is 1. The predicted octanol–water partition coefficient (Wildman–Crippen LogP) is 0.855. The van der Waals surface area contributed by atoms with E-state index in [0.29, 0.717) is 0 Å². The number of carbonyl (C=O) groups excluding carboxylic acids is 1. The topological polar surface area (TPSA) is 95.5 Å². The van der Waals surface area contributed by atoms with Gasteiger partial charge in [0.15, 0.2) is 0 Å². The second kappa shape index (κ2) is 7.26. The van der Waals surface area contributed by atoms with Crippen molar-refractivity contribution in [2.24, 2.45) is 0 Å². The van der Waals surface area contributed by atoms with Crippen molar-refractivity contribution in [3.63, 3.8) is 0 Å². The van der Waals surface area contributed by atoms with Gasteiger partial charge < -0.3 is 14.6 Å². The van der Waals surface area contributed by atoms with Crippen LogP contribution < -0.4 is 14.6 Å². The van der Waals surface area contributed by atoms with E-state index in [0.717, 1.165) is 5.56 Å². The Morgan fingerprint density at radius 2 is 1.74 bits per heavy atom. The van der Waals surface area contributed by atoms with E-state index < -0.39 is 22.6 Å². The fourth-order valence-corrected chi connectivity index (χ4v) is 3.20. The summed E-state index contributed by atoms with van der Waals surface area (Å²) >= 11 is 0. The quantitative estimate of drug-likeness (QED) is 0.810. The summed E-state index contributed by atoms with van der Waals surface area (Å²) in [6.07, 6.45) is 0. The molecule has 1 atom stereocenters. The largest absolute Gasteiger partial charge is 0.546 e. The van der Waals surface area contributed by atoms with Crippen molar-refractivity contribution in [2.75, 3.05) is 6.61 Å². The Bertz CT molecular complexity index is 757. The van der Waals surface area contributed by atoms with Gasteiger partial charge in [0.05, 0.1) is 10.9 Å². The number of benzene rings is 2. The molecule has 0 unspecified atom stereocenters. The van der Waals surface area contributed by atoms with Crippen LogP contribution in [0.25, 0.3) is 0 Å². The van der Waals surface area contributed by atoms with E-state index in [1.807, 2.05) is 30.3 Å². The Morgan fingerprint density at radius 1 is 1.13 bits per heavy atom. The van der Waals surface area contributed by atoms with Gasteiger partial charge in [0.1, 0.15) is 12.4 Å². The number of carboxylic acid groups (broad SMARTS) is 1.